The van der Waals surface area contributed by atoms with Crippen molar-refractivity contribution in [1.82, 2.24) is 9.55 Å². The zero-order valence-electron chi connectivity index (χ0n) is 20.4. The van der Waals surface area contributed by atoms with E-state index in [1.54, 1.807) is 0 Å². The van der Waals surface area contributed by atoms with Gasteiger partial charge in [0.25, 0.3) is 0 Å². The Bertz CT molecular complexity index is 1360. The first-order valence-corrected chi connectivity index (χ1v) is 12.1. The number of aryl methyl sites for hydroxylation is 3. The summed E-state index contributed by atoms with van der Waals surface area (Å²) >= 11 is 0. The summed E-state index contributed by atoms with van der Waals surface area (Å²) in [5.74, 6) is 1.65. The number of carbonyl (C=O) groups is 1. The number of amides is 1. The molecule has 1 aromatic heterocycles. The Morgan fingerprint density at radius 2 is 1.77 bits per heavy atom. The van der Waals surface area contributed by atoms with E-state index in [4.69, 9.17) is 9.72 Å². The molecule has 35 heavy (non-hydrogen) atoms. The third-order valence-corrected chi connectivity index (χ3v) is 6.67. The van der Waals surface area contributed by atoms with E-state index in [1.807, 2.05) is 86.3 Å². The van der Waals surface area contributed by atoms with Crippen LogP contribution in [-0.2, 0) is 11.3 Å². The number of hydrogen-bond donors (Lipinski definition) is 1. The fourth-order valence-electron chi connectivity index (χ4n) is 4.86. The molecule has 1 fully saturated rings. The van der Waals surface area contributed by atoms with Gasteiger partial charge in [-0.25, -0.2) is 4.98 Å². The van der Waals surface area contributed by atoms with Crippen LogP contribution in [0.15, 0.2) is 66.7 Å². The number of benzene rings is 3. The van der Waals surface area contributed by atoms with Crippen molar-refractivity contribution < 1.29 is 14.6 Å². The lowest BCUT2D eigenvalue weighted by molar-refractivity contribution is -0.117. The highest BCUT2D eigenvalue weighted by molar-refractivity contribution is 5.96. The molecule has 180 valence electrons. The Morgan fingerprint density at radius 3 is 2.54 bits per heavy atom. The molecule has 0 spiro atoms. The number of nitrogens with zero attached hydrogens (tertiary/aromatic N) is 3. The Morgan fingerprint density at radius 1 is 1.03 bits per heavy atom. The summed E-state index contributed by atoms with van der Waals surface area (Å²) in [4.78, 5) is 19.7. The van der Waals surface area contributed by atoms with Crippen LogP contribution in [0.3, 0.4) is 0 Å². The third kappa shape index (κ3) is 4.80. The summed E-state index contributed by atoms with van der Waals surface area (Å²) in [5, 5.41) is 10.9. The van der Waals surface area contributed by atoms with Crippen molar-refractivity contribution >= 4 is 22.6 Å². The standard InChI is InChI=1S/C29H31N3O3/c1-19-8-11-23(12-9-19)31-16-22(15-28(31)34)29-30-25-6-4-5-7-26(25)32(29)17-24(33)18-35-27-13-10-20(2)14-21(27)3/h4-14,22,24,33H,15-18H2,1-3H3/t22-,24+/m0/s1. The summed E-state index contributed by atoms with van der Waals surface area (Å²) in [6, 6.07) is 22.0. The summed E-state index contributed by atoms with van der Waals surface area (Å²) in [7, 11) is 0. The topological polar surface area (TPSA) is 67.6 Å². The number of fused-ring (bicyclic) bond motifs is 1. The second kappa shape index (κ2) is 9.55. The number of ether oxygens (including phenoxy) is 1. The van der Waals surface area contributed by atoms with Crippen LogP contribution in [0.5, 0.6) is 5.75 Å². The van der Waals surface area contributed by atoms with Gasteiger partial charge in [0.05, 0.1) is 17.6 Å². The summed E-state index contributed by atoms with van der Waals surface area (Å²) < 4.78 is 7.99. The number of aliphatic hydroxyl groups is 1. The van der Waals surface area contributed by atoms with Gasteiger partial charge in [0.15, 0.2) is 0 Å². The quantitative estimate of drug-likeness (QED) is 0.417. The molecular weight excluding hydrogens is 438 g/mol. The van der Waals surface area contributed by atoms with Gasteiger partial charge < -0.3 is 19.3 Å². The van der Waals surface area contributed by atoms with E-state index in [9.17, 15) is 9.90 Å². The normalized spacial score (nSPS) is 16.7. The first-order valence-electron chi connectivity index (χ1n) is 12.1. The molecule has 1 aliphatic rings. The Hall–Kier alpha value is -3.64. The van der Waals surface area contributed by atoms with Crippen LogP contribution in [-0.4, -0.2) is 39.8 Å². The van der Waals surface area contributed by atoms with Crippen molar-refractivity contribution in [3.8, 4) is 5.75 Å². The molecule has 5 rings (SSSR count). The van der Waals surface area contributed by atoms with Crippen molar-refractivity contribution in [2.24, 2.45) is 0 Å². The summed E-state index contributed by atoms with van der Waals surface area (Å²) in [5.41, 5.74) is 6.12. The van der Waals surface area contributed by atoms with E-state index in [0.29, 0.717) is 19.5 Å². The van der Waals surface area contributed by atoms with Gasteiger partial charge in [0.1, 0.15) is 24.3 Å². The van der Waals surface area contributed by atoms with Gasteiger partial charge in [-0.1, -0.05) is 47.5 Å². The van der Waals surface area contributed by atoms with Crippen LogP contribution >= 0.6 is 0 Å². The Kier molecular flexibility index (Phi) is 6.31. The Balaban J connectivity index is 1.37. The van der Waals surface area contributed by atoms with Gasteiger partial charge in [-0.05, 0) is 56.7 Å². The molecule has 0 radical (unpaired) electrons. The highest BCUT2D eigenvalue weighted by Gasteiger charge is 2.35. The number of para-hydroxylation sites is 2. The molecule has 4 aromatic rings. The maximum atomic E-state index is 12.9. The SMILES string of the molecule is Cc1ccc(N2C[C@@H](c3nc4ccccc4n3C[C@@H](O)COc3ccc(C)cc3C)CC2=O)cc1. The maximum Gasteiger partial charge on any atom is 0.227 e. The molecular formula is C29H31N3O3. The van der Waals surface area contributed by atoms with Gasteiger partial charge in [0, 0.05) is 24.6 Å². The van der Waals surface area contributed by atoms with Crippen LogP contribution in [0.1, 0.15) is 34.9 Å². The smallest absolute Gasteiger partial charge is 0.227 e. The van der Waals surface area contributed by atoms with Crippen LogP contribution in [0, 0.1) is 20.8 Å². The van der Waals surface area contributed by atoms with E-state index in [1.165, 1.54) is 5.56 Å². The number of aliphatic hydroxyl groups excluding tert-OH is 1. The van der Waals surface area contributed by atoms with E-state index in [2.05, 4.69) is 10.6 Å². The van der Waals surface area contributed by atoms with Gasteiger partial charge in [0.2, 0.25) is 5.91 Å². The fraction of sp³-hybridized carbons (Fsp3) is 0.310. The lowest BCUT2D eigenvalue weighted by Crippen LogP contribution is -2.26. The van der Waals surface area contributed by atoms with Gasteiger partial charge >= 0.3 is 0 Å². The molecule has 2 atom stereocenters. The number of carbonyl (C=O) groups excluding carboxylic acids is 1. The number of hydrogen-bond acceptors (Lipinski definition) is 4. The third-order valence-electron chi connectivity index (χ3n) is 6.67. The number of rotatable bonds is 7. The first kappa shape index (κ1) is 23.1. The number of imidazole rings is 1. The lowest BCUT2D eigenvalue weighted by atomic mass is 10.1. The van der Waals surface area contributed by atoms with E-state index in [-0.39, 0.29) is 18.4 Å². The fourth-order valence-corrected chi connectivity index (χ4v) is 4.86. The van der Waals surface area contributed by atoms with Crippen molar-refractivity contribution in [2.75, 3.05) is 18.1 Å². The predicted octanol–water partition coefficient (Wildman–Crippen LogP) is 4.92. The number of aromatic nitrogens is 2. The van der Waals surface area contributed by atoms with E-state index >= 15 is 0 Å². The second-order valence-electron chi connectivity index (χ2n) is 9.54. The minimum atomic E-state index is -0.725. The van der Waals surface area contributed by atoms with Gasteiger partial charge in [-0.15, -0.1) is 0 Å². The van der Waals surface area contributed by atoms with Crippen molar-refractivity contribution in [3.05, 3.63) is 89.2 Å². The maximum absolute atomic E-state index is 12.9. The average molecular weight is 470 g/mol. The molecule has 1 aliphatic heterocycles. The van der Waals surface area contributed by atoms with E-state index in [0.717, 1.165) is 39.4 Å². The molecule has 1 amide bonds. The molecule has 6 heteroatoms. The van der Waals surface area contributed by atoms with Crippen molar-refractivity contribution in [3.63, 3.8) is 0 Å². The van der Waals surface area contributed by atoms with Crippen LogP contribution in [0.2, 0.25) is 0 Å². The zero-order valence-corrected chi connectivity index (χ0v) is 20.4. The molecule has 2 heterocycles. The molecule has 6 nitrogen and oxygen atoms in total. The lowest BCUT2D eigenvalue weighted by Gasteiger charge is -2.19. The van der Waals surface area contributed by atoms with Crippen LogP contribution in [0.25, 0.3) is 11.0 Å². The molecule has 0 aliphatic carbocycles. The Labute approximate surface area is 205 Å². The first-order chi connectivity index (χ1) is 16.9. The second-order valence-corrected chi connectivity index (χ2v) is 9.54. The van der Waals surface area contributed by atoms with Crippen molar-refractivity contribution in [1.29, 1.82) is 0 Å². The molecule has 0 saturated carbocycles. The van der Waals surface area contributed by atoms with E-state index < -0.39 is 6.10 Å². The summed E-state index contributed by atoms with van der Waals surface area (Å²) in [6.45, 7) is 7.18. The molecule has 0 unspecified atom stereocenters. The van der Waals surface area contributed by atoms with Gasteiger partial charge in [-0.3, -0.25) is 4.79 Å². The molecule has 1 N–H and O–H groups in total. The van der Waals surface area contributed by atoms with Crippen LogP contribution < -0.4 is 9.64 Å². The largest absolute Gasteiger partial charge is 0.491 e. The molecule has 1 saturated heterocycles. The highest BCUT2D eigenvalue weighted by atomic mass is 16.5. The van der Waals surface area contributed by atoms with Crippen molar-refractivity contribution in [2.45, 2.75) is 45.8 Å². The summed E-state index contributed by atoms with van der Waals surface area (Å²) in [6.07, 6.45) is -0.329. The minimum Gasteiger partial charge on any atom is -0.491 e. The zero-order chi connectivity index (χ0) is 24.5. The van der Waals surface area contributed by atoms with Crippen LogP contribution in [0.4, 0.5) is 5.69 Å². The molecule has 0 bridgehead atoms. The minimum absolute atomic E-state index is 0.0522. The van der Waals surface area contributed by atoms with Gasteiger partial charge in [-0.2, -0.15) is 0 Å². The number of anilines is 1. The highest BCUT2D eigenvalue weighted by Crippen LogP contribution is 2.33. The monoisotopic (exact) mass is 469 g/mol. The average Bonchev–Trinajstić information content (AvgIpc) is 3.40. The predicted molar refractivity (Wildman–Crippen MR) is 138 cm³/mol. The molecule has 3 aromatic carbocycles.